The van der Waals surface area contributed by atoms with Crippen molar-refractivity contribution in [1.29, 1.82) is 0 Å². The van der Waals surface area contributed by atoms with E-state index in [9.17, 15) is 19.3 Å². The fraction of sp³-hybridized carbons (Fsp3) is 0.292. The lowest BCUT2D eigenvalue weighted by Crippen LogP contribution is -2.49. The maximum absolute atomic E-state index is 13.2. The highest BCUT2D eigenvalue weighted by molar-refractivity contribution is 5.94. The van der Waals surface area contributed by atoms with Crippen LogP contribution in [0.1, 0.15) is 33.0 Å². The van der Waals surface area contributed by atoms with Crippen LogP contribution in [0.3, 0.4) is 0 Å². The number of non-ortho nitro benzene ring substituents is 1. The number of rotatable bonds is 5. The number of carbonyl (C=O) groups excluding carboxylic acids is 1. The molecule has 1 fully saturated rings. The van der Waals surface area contributed by atoms with Gasteiger partial charge in [-0.2, -0.15) is 0 Å². The van der Waals surface area contributed by atoms with Crippen molar-refractivity contribution in [2.75, 3.05) is 31.1 Å². The van der Waals surface area contributed by atoms with Crippen molar-refractivity contribution in [3.8, 4) is 0 Å². The molecule has 0 aliphatic carbocycles. The van der Waals surface area contributed by atoms with E-state index < -0.39 is 4.92 Å². The van der Waals surface area contributed by atoms with Gasteiger partial charge in [0.25, 0.3) is 11.6 Å². The first-order chi connectivity index (χ1) is 15.8. The van der Waals surface area contributed by atoms with E-state index in [1.807, 2.05) is 13.8 Å². The van der Waals surface area contributed by atoms with Crippen LogP contribution >= 0.6 is 0 Å². The number of nitro benzene ring substituents is 1. The molecular weight excluding hydrogens is 425 g/mol. The molecule has 0 atom stereocenters. The molecule has 0 saturated carbocycles. The molecule has 2 aromatic carbocycles. The first-order valence-electron chi connectivity index (χ1n) is 10.7. The predicted molar refractivity (Wildman–Crippen MR) is 122 cm³/mol. The number of nitro groups is 1. The van der Waals surface area contributed by atoms with Crippen molar-refractivity contribution in [2.24, 2.45) is 0 Å². The first kappa shape index (κ1) is 22.3. The van der Waals surface area contributed by atoms with Gasteiger partial charge in [-0.3, -0.25) is 14.9 Å². The molecule has 8 nitrogen and oxygen atoms in total. The van der Waals surface area contributed by atoms with Crippen LogP contribution < -0.4 is 4.90 Å². The first-order valence-corrected chi connectivity index (χ1v) is 10.7. The van der Waals surface area contributed by atoms with Crippen molar-refractivity contribution in [2.45, 2.75) is 20.3 Å². The molecule has 0 bridgehead atoms. The summed E-state index contributed by atoms with van der Waals surface area (Å²) in [5, 5.41) is 10.9. The quantitative estimate of drug-likeness (QED) is 0.436. The second kappa shape index (κ2) is 9.32. The van der Waals surface area contributed by atoms with Gasteiger partial charge in [0.2, 0.25) is 0 Å². The number of hydrogen-bond donors (Lipinski definition) is 0. The number of anilines is 1. The molecule has 170 valence electrons. The third-order valence-electron chi connectivity index (χ3n) is 5.79. The van der Waals surface area contributed by atoms with E-state index >= 15 is 0 Å². The number of piperazine rings is 1. The summed E-state index contributed by atoms with van der Waals surface area (Å²) in [6.45, 7) is 6.05. The smallest absolute Gasteiger partial charge is 0.269 e. The second-order valence-electron chi connectivity index (χ2n) is 8.04. The van der Waals surface area contributed by atoms with Crippen LogP contribution in [0.5, 0.6) is 0 Å². The lowest BCUT2D eigenvalue weighted by Gasteiger charge is -2.36. The zero-order valence-corrected chi connectivity index (χ0v) is 18.5. The minimum Gasteiger partial charge on any atom is -0.353 e. The highest BCUT2D eigenvalue weighted by Crippen LogP contribution is 2.26. The highest BCUT2D eigenvalue weighted by Gasteiger charge is 2.25. The van der Waals surface area contributed by atoms with E-state index in [4.69, 9.17) is 4.98 Å². The van der Waals surface area contributed by atoms with E-state index in [0.717, 1.165) is 22.6 Å². The Bertz CT molecular complexity index is 1170. The van der Waals surface area contributed by atoms with Crippen molar-refractivity contribution >= 4 is 17.4 Å². The van der Waals surface area contributed by atoms with Crippen LogP contribution in [0.25, 0.3) is 0 Å². The Morgan fingerprint density at radius 1 is 1.00 bits per heavy atom. The lowest BCUT2D eigenvalue weighted by atomic mass is 10.0. The summed E-state index contributed by atoms with van der Waals surface area (Å²) in [4.78, 5) is 36.4. The zero-order valence-electron chi connectivity index (χ0n) is 18.5. The third-order valence-corrected chi connectivity index (χ3v) is 5.79. The van der Waals surface area contributed by atoms with Crippen molar-refractivity contribution in [3.63, 3.8) is 0 Å². The van der Waals surface area contributed by atoms with Gasteiger partial charge in [-0.15, -0.1) is 0 Å². The summed E-state index contributed by atoms with van der Waals surface area (Å²) in [6.07, 6.45) is 0.550. The molecule has 0 unspecified atom stereocenters. The van der Waals surface area contributed by atoms with Gasteiger partial charge >= 0.3 is 0 Å². The van der Waals surface area contributed by atoms with Gasteiger partial charge in [-0.05, 0) is 43.7 Å². The van der Waals surface area contributed by atoms with Gasteiger partial charge in [-0.1, -0.05) is 12.1 Å². The second-order valence-corrected chi connectivity index (χ2v) is 8.04. The van der Waals surface area contributed by atoms with Crippen LogP contribution in [0.4, 0.5) is 15.9 Å². The van der Waals surface area contributed by atoms with Crippen LogP contribution in [0, 0.1) is 29.8 Å². The predicted octanol–water partition coefficient (Wildman–Crippen LogP) is 3.69. The summed E-state index contributed by atoms with van der Waals surface area (Å²) in [5.74, 6) is 1.01. The van der Waals surface area contributed by atoms with Gasteiger partial charge in [0.15, 0.2) is 0 Å². The maximum Gasteiger partial charge on any atom is 0.269 e. The molecule has 1 saturated heterocycles. The molecule has 0 N–H and O–H groups in total. The van der Waals surface area contributed by atoms with Gasteiger partial charge < -0.3 is 9.80 Å². The number of hydrogen-bond acceptors (Lipinski definition) is 6. The van der Waals surface area contributed by atoms with Crippen molar-refractivity contribution < 1.29 is 14.1 Å². The van der Waals surface area contributed by atoms with E-state index in [-0.39, 0.29) is 17.4 Å². The van der Waals surface area contributed by atoms with Crippen LogP contribution in [0.15, 0.2) is 48.5 Å². The number of aromatic nitrogens is 2. The number of nitrogens with zero attached hydrogens (tertiary/aromatic N) is 5. The summed E-state index contributed by atoms with van der Waals surface area (Å²) in [6, 6.07) is 12.1. The topological polar surface area (TPSA) is 92.5 Å². The van der Waals surface area contributed by atoms with Crippen molar-refractivity contribution in [1.82, 2.24) is 14.9 Å². The molecular formula is C24H24FN5O3. The monoisotopic (exact) mass is 449 g/mol. The number of amides is 1. The van der Waals surface area contributed by atoms with E-state index in [0.29, 0.717) is 44.0 Å². The molecule has 1 amide bonds. The molecule has 0 radical (unpaired) electrons. The molecule has 1 aromatic heterocycles. The van der Waals surface area contributed by atoms with Gasteiger partial charge in [0, 0.05) is 61.6 Å². The van der Waals surface area contributed by atoms with Gasteiger partial charge in [-0.25, -0.2) is 14.4 Å². The number of carbonyl (C=O) groups is 1. The molecule has 33 heavy (non-hydrogen) atoms. The Labute approximate surface area is 190 Å². The third kappa shape index (κ3) is 4.97. The Kier molecular flexibility index (Phi) is 6.30. The van der Waals surface area contributed by atoms with Crippen molar-refractivity contribution in [3.05, 3.63) is 92.7 Å². The van der Waals surface area contributed by atoms with Gasteiger partial charge in [0.1, 0.15) is 17.5 Å². The molecule has 9 heteroatoms. The SMILES string of the molecule is Cc1nc(C)c(Cc2ccc([N+](=O)[O-])cc2)c(N2CCN(C(=O)c3ccc(F)cc3)CC2)n1. The Morgan fingerprint density at radius 3 is 2.24 bits per heavy atom. The maximum atomic E-state index is 13.2. The average molecular weight is 449 g/mol. The summed E-state index contributed by atoms with van der Waals surface area (Å²) in [5.41, 5.74) is 3.28. The van der Waals surface area contributed by atoms with Crippen LogP contribution in [-0.4, -0.2) is 51.9 Å². The summed E-state index contributed by atoms with van der Waals surface area (Å²) in [7, 11) is 0. The molecule has 2 heterocycles. The fourth-order valence-electron chi connectivity index (χ4n) is 4.02. The average Bonchev–Trinajstić information content (AvgIpc) is 2.81. The molecule has 4 rings (SSSR count). The summed E-state index contributed by atoms with van der Waals surface area (Å²) >= 11 is 0. The van der Waals surface area contributed by atoms with Gasteiger partial charge in [0.05, 0.1) is 4.92 Å². The fourth-order valence-corrected chi connectivity index (χ4v) is 4.02. The normalized spacial score (nSPS) is 13.8. The molecule has 3 aromatic rings. The Balaban J connectivity index is 1.51. The molecule has 1 aliphatic rings. The van der Waals surface area contributed by atoms with E-state index in [1.165, 1.54) is 36.4 Å². The number of benzene rings is 2. The summed E-state index contributed by atoms with van der Waals surface area (Å²) < 4.78 is 13.2. The van der Waals surface area contributed by atoms with E-state index in [2.05, 4.69) is 9.88 Å². The minimum absolute atomic E-state index is 0.0535. The molecule has 1 aliphatic heterocycles. The zero-order chi connectivity index (χ0) is 23.5. The highest BCUT2D eigenvalue weighted by atomic mass is 19.1. The molecule has 0 spiro atoms. The lowest BCUT2D eigenvalue weighted by molar-refractivity contribution is -0.384. The minimum atomic E-state index is -0.415. The standard InChI is InChI=1S/C24H24FN5O3/c1-16-22(15-18-3-9-21(10-4-18)30(32)33)23(27-17(2)26-16)28-11-13-29(14-12-28)24(31)19-5-7-20(25)8-6-19/h3-10H,11-15H2,1-2H3. The number of aryl methyl sites for hydroxylation is 2. The Morgan fingerprint density at radius 2 is 1.64 bits per heavy atom. The largest absolute Gasteiger partial charge is 0.353 e. The van der Waals surface area contributed by atoms with E-state index in [1.54, 1.807) is 17.0 Å². The Hall–Kier alpha value is -3.88. The van der Waals surface area contributed by atoms with Crippen LogP contribution in [0.2, 0.25) is 0 Å². The number of halogens is 1. The van der Waals surface area contributed by atoms with Crippen LogP contribution in [-0.2, 0) is 6.42 Å².